The topological polar surface area (TPSA) is 131 Å². The third-order valence-electron chi connectivity index (χ3n) is 5.93. The normalized spacial score (nSPS) is 14.2. The number of anilines is 2. The van der Waals surface area contributed by atoms with Crippen molar-refractivity contribution in [2.45, 2.75) is 24.7 Å². The lowest BCUT2D eigenvalue weighted by atomic mass is 9.96. The summed E-state index contributed by atoms with van der Waals surface area (Å²) in [6.07, 6.45) is 1.30. The summed E-state index contributed by atoms with van der Waals surface area (Å²) in [7, 11) is -2.30. The zero-order valence-electron chi connectivity index (χ0n) is 20.0. The fourth-order valence-corrected chi connectivity index (χ4v) is 5.07. The summed E-state index contributed by atoms with van der Waals surface area (Å²) in [5.41, 5.74) is 2.08. The molecule has 0 aliphatic carbocycles. The molecule has 1 fully saturated rings. The molecule has 36 heavy (non-hydrogen) atoms. The number of aromatic nitrogens is 2. The van der Waals surface area contributed by atoms with Gasteiger partial charge in [0.15, 0.2) is 5.82 Å². The van der Waals surface area contributed by atoms with Gasteiger partial charge in [0, 0.05) is 37.2 Å². The molecule has 10 nitrogen and oxygen atoms in total. The number of nitrogens with one attached hydrogen (secondary N) is 2. The second-order valence-corrected chi connectivity index (χ2v) is 10.1. The van der Waals surface area contributed by atoms with Gasteiger partial charge in [0.05, 0.1) is 17.7 Å². The number of rotatable bonds is 7. The van der Waals surface area contributed by atoms with Crippen molar-refractivity contribution in [3.05, 3.63) is 60.7 Å². The van der Waals surface area contributed by atoms with Crippen LogP contribution < -0.4 is 19.7 Å². The van der Waals surface area contributed by atoms with Gasteiger partial charge in [-0.25, -0.2) is 13.1 Å². The van der Waals surface area contributed by atoms with Crippen molar-refractivity contribution in [1.82, 2.24) is 14.9 Å². The Morgan fingerprint density at radius 3 is 2.28 bits per heavy atom. The Morgan fingerprint density at radius 1 is 0.972 bits per heavy atom. The third-order valence-corrected chi connectivity index (χ3v) is 7.38. The van der Waals surface area contributed by atoms with Gasteiger partial charge in [-0.2, -0.15) is 0 Å². The van der Waals surface area contributed by atoms with Crippen LogP contribution in [0.4, 0.5) is 11.5 Å². The molecule has 1 aliphatic rings. The minimum atomic E-state index is -3.91. The first-order chi connectivity index (χ1) is 17.3. The number of methoxy groups -OCH3 is 1. The highest BCUT2D eigenvalue weighted by Crippen LogP contribution is 2.29. The van der Waals surface area contributed by atoms with Crippen LogP contribution in [0.2, 0.25) is 0 Å². The predicted octanol–water partition coefficient (Wildman–Crippen LogP) is 2.83. The molecule has 2 heterocycles. The first kappa shape index (κ1) is 25.1. The average molecular weight is 510 g/mol. The lowest BCUT2D eigenvalue weighted by Crippen LogP contribution is -2.38. The molecule has 0 bridgehead atoms. The van der Waals surface area contributed by atoms with Crippen LogP contribution in [0.25, 0.3) is 11.3 Å². The van der Waals surface area contributed by atoms with Gasteiger partial charge in [0.25, 0.3) is 10.0 Å². The van der Waals surface area contributed by atoms with Gasteiger partial charge in [-0.1, -0.05) is 12.1 Å². The third kappa shape index (κ3) is 5.80. The van der Waals surface area contributed by atoms with Crippen LogP contribution in [-0.2, 0) is 19.6 Å². The van der Waals surface area contributed by atoms with Crippen LogP contribution in [0.1, 0.15) is 19.8 Å². The van der Waals surface area contributed by atoms with Gasteiger partial charge in [0.1, 0.15) is 5.75 Å². The molecule has 0 unspecified atom stereocenters. The number of para-hydroxylation sites is 1. The summed E-state index contributed by atoms with van der Waals surface area (Å²) in [5, 5.41) is 11.6. The van der Waals surface area contributed by atoms with Crippen LogP contribution in [0.15, 0.2) is 65.6 Å². The van der Waals surface area contributed by atoms with Crippen LogP contribution in [0.5, 0.6) is 5.75 Å². The highest BCUT2D eigenvalue weighted by molar-refractivity contribution is 7.90. The molecule has 4 rings (SSSR count). The maximum absolute atomic E-state index is 12.8. The highest BCUT2D eigenvalue weighted by Gasteiger charge is 2.26. The molecule has 1 aliphatic heterocycles. The predicted molar refractivity (Wildman–Crippen MR) is 135 cm³/mol. The summed E-state index contributed by atoms with van der Waals surface area (Å²) in [6, 6.07) is 17.2. The molecular weight excluding hydrogens is 482 g/mol. The number of amides is 2. The summed E-state index contributed by atoms with van der Waals surface area (Å²) in [6.45, 7) is 2.45. The van der Waals surface area contributed by atoms with E-state index in [1.54, 1.807) is 7.11 Å². The molecule has 1 saturated heterocycles. The summed E-state index contributed by atoms with van der Waals surface area (Å²) < 4.78 is 31.4. The quantitative estimate of drug-likeness (QED) is 0.497. The Balaban J connectivity index is 1.32. The number of piperidine rings is 1. The summed E-state index contributed by atoms with van der Waals surface area (Å²) in [4.78, 5) is 25.9. The average Bonchev–Trinajstić information content (AvgIpc) is 2.88. The molecule has 2 aromatic carbocycles. The van der Waals surface area contributed by atoms with Crippen LogP contribution in [0.3, 0.4) is 0 Å². The molecule has 11 heteroatoms. The Labute approximate surface area is 209 Å². The van der Waals surface area contributed by atoms with E-state index in [2.05, 4.69) is 20.4 Å². The van der Waals surface area contributed by atoms with Crippen molar-refractivity contribution in [2.75, 3.05) is 30.4 Å². The van der Waals surface area contributed by atoms with E-state index in [1.807, 2.05) is 41.1 Å². The van der Waals surface area contributed by atoms with Crippen molar-refractivity contribution < 1.29 is 22.7 Å². The minimum absolute atomic E-state index is 0.0538. The number of benzene rings is 2. The maximum Gasteiger partial charge on any atom is 0.264 e. The van der Waals surface area contributed by atoms with E-state index in [-0.39, 0.29) is 16.7 Å². The van der Waals surface area contributed by atoms with Crippen LogP contribution in [0, 0.1) is 5.92 Å². The number of hydrogen-bond acceptors (Lipinski definition) is 8. The number of carbonyl (C=O) groups excluding carboxylic acids is 2. The van der Waals surface area contributed by atoms with Crippen molar-refractivity contribution in [2.24, 2.45) is 5.92 Å². The lowest BCUT2D eigenvalue weighted by molar-refractivity contribution is -0.120. The fourth-order valence-electron chi connectivity index (χ4n) is 4.07. The van der Waals surface area contributed by atoms with Crippen molar-refractivity contribution in [1.29, 1.82) is 0 Å². The van der Waals surface area contributed by atoms with E-state index >= 15 is 0 Å². The Hall–Kier alpha value is -3.99. The Bertz CT molecular complexity index is 1340. The number of nitrogens with zero attached hydrogens (tertiary/aromatic N) is 3. The highest BCUT2D eigenvalue weighted by atomic mass is 32.2. The van der Waals surface area contributed by atoms with E-state index in [0.29, 0.717) is 31.6 Å². The van der Waals surface area contributed by atoms with Gasteiger partial charge in [-0.05, 0) is 61.4 Å². The second kappa shape index (κ2) is 10.7. The van der Waals surface area contributed by atoms with E-state index in [0.717, 1.165) is 29.7 Å². The smallest absolute Gasteiger partial charge is 0.264 e. The molecule has 0 spiro atoms. The van der Waals surface area contributed by atoms with E-state index in [4.69, 9.17) is 4.74 Å². The van der Waals surface area contributed by atoms with Crippen LogP contribution >= 0.6 is 0 Å². The van der Waals surface area contributed by atoms with E-state index < -0.39 is 15.9 Å². The largest absolute Gasteiger partial charge is 0.496 e. The molecule has 0 saturated carbocycles. The second-order valence-electron chi connectivity index (χ2n) is 8.41. The van der Waals surface area contributed by atoms with Crippen molar-refractivity contribution in [3.63, 3.8) is 0 Å². The molecule has 2 N–H and O–H groups in total. The van der Waals surface area contributed by atoms with Gasteiger partial charge < -0.3 is 15.0 Å². The van der Waals surface area contributed by atoms with Gasteiger partial charge >= 0.3 is 0 Å². The van der Waals surface area contributed by atoms with Crippen LogP contribution in [-0.4, -0.2) is 50.6 Å². The molecule has 188 valence electrons. The monoisotopic (exact) mass is 509 g/mol. The fraction of sp³-hybridized carbons (Fsp3) is 0.280. The minimum Gasteiger partial charge on any atom is -0.496 e. The van der Waals surface area contributed by atoms with E-state index in [1.165, 1.54) is 24.3 Å². The van der Waals surface area contributed by atoms with Crippen molar-refractivity contribution in [3.8, 4) is 17.0 Å². The zero-order chi connectivity index (χ0) is 25.7. The molecular formula is C25H27N5O5S. The standard InChI is InChI=1S/C25H27N5O5S/c1-17(31)29-36(33,34)20-9-7-19(8-10-20)26-25(32)18-13-15-30(16-14-18)24-12-11-22(27-28-24)21-5-3-4-6-23(21)35-2/h3-12,18H,13-16H2,1-2H3,(H,26,32)(H,29,31). The first-order valence-corrected chi connectivity index (χ1v) is 12.9. The van der Waals surface area contributed by atoms with Crippen molar-refractivity contribution >= 4 is 33.3 Å². The number of ether oxygens (including phenoxy) is 1. The van der Waals surface area contributed by atoms with E-state index in [9.17, 15) is 18.0 Å². The maximum atomic E-state index is 12.8. The molecule has 1 aromatic heterocycles. The first-order valence-electron chi connectivity index (χ1n) is 11.4. The summed E-state index contributed by atoms with van der Waals surface area (Å²) in [5.74, 6) is 0.519. The lowest BCUT2D eigenvalue weighted by Gasteiger charge is -2.31. The Morgan fingerprint density at radius 2 is 1.67 bits per heavy atom. The van der Waals surface area contributed by atoms with Gasteiger partial charge in [-0.3, -0.25) is 9.59 Å². The van der Waals surface area contributed by atoms with Gasteiger partial charge in [0.2, 0.25) is 11.8 Å². The Kier molecular flexibility index (Phi) is 7.49. The summed E-state index contributed by atoms with van der Waals surface area (Å²) >= 11 is 0. The molecule has 0 atom stereocenters. The SMILES string of the molecule is COc1ccccc1-c1ccc(N2CCC(C(=O)Nc3ccc(S(=O)(=O)NC(C)=O)cc3)CC2)nn1. The number of carbonyl (C=O) groups is 2. The molecule has 3 aromatic rings. The zero-order valence-corrected chi connectivity index (χ0v) is 20.8. The molecule has 0 radical (unpaired) electrons. The number of sulfonamides is 1. The number of hydrogen-bond donors (Lipinski definition) is 2. The molecule has 2 amide bonds. The van der Waals surface area contributed by atoms with Gasteiger partial charge in [-0.15, -0.1) is 10.2 Å².